The Balaban J connectivity index is 0.000000162. The summed E-state index contributed by atoms with van der Waals surface area (Å²) < 4.78 is 48.3. The van der Waals surface area contributed by atoms with Crippen molar-refractivity contribution in [2.45, 2.75) is 45.7 Å². The molecular weight excluding hydrogens is 712 g/mol. The van der Waals surface area contributed by atoms with E-state index in [-0.39, 0.29) is 22.0 Å². The summed E-state index contributed by atoms with van der Waals surface area (Å²) in [4.78, 5) is 12.6. The molecule has 6 heterocycles. The molecule has 0 aliphatic carbocycles. The number of amidine groups is 2. The largest absolute Gasteiger partial charge is 0.450 e. The number of aliphatic hydroxyl groups is 1. The van der Waals surface area contributed by atoms with Crippen molar-refractivity contribution in [3.63, 3.8) is 0 Å². The van der Waals surface area contributed by atoms with Crippen LogP contribution in [0, 0.1) is 0 Å². The van der Waals surface area contributed by atoms with Crippen LogP contribution < -0.4 is 20.1 Å². The molecule has 2 unspecified atom stereocenters. The maximum atomic E-state index is 15.0. The number of hydrogen-bond donors (Lipinski definition) is 3. The number of aliphatic imine (C=N–C) groups is 2. The van der Waals surface area contributed by atoms with Gasteiger partial charge in [0.05, 0.1) is 47.5 Å². The summed E-state index contributed by atoms with van der Waals surface area (Å²) in [5.41, 5.74) is 1.70. The number of thioether (sulfide) groups is 2. The van der Waals surface area contributed by atoms with Crippen LogP contribution in [-0.4, -0.2) is 114 Å². The van der Waals surface area contributed by atoms with Crippen LogP contribution in [0.25, 0.3) is 0 Å². The minimum atomic E-state index is -1.21. The number of methoxy groups -OCH3 is 4. The van der Waals surface area contributed by atoms with Gasteiger partial charge < -0.3 is 54.0 Å². The fourth-order valence-corrected chi connectivity index (χ4v) is 9.86. The molecule has 2 aromatic carbocycles. The SMILES string of the molecule is C=C1N=C2Nc3ccccc3OC2=CN1[C@@H]1S[C@H](COC)C(OC)[C@@H]1F.C=C1N=C2Nc3ccccc3OC2=CN1[C@@H]1S[C@H](COC)C(OC)[C@@H]1O. The first kappa shape index (κ1) is 36.3. The Morgan fingerprint density at radius 3 is 1.71 bits per heavy atom. The molecular formula is C36H41FN6O7S2. The lowest BCUT2D eigenvalue weighted by atomic mass is 10.1. The van der Waals surface area contributed by atoms with Gasteiger partial charge in [-0.1, -0.05) is 37.4 Å². The highest BCUT2D eigenvalue weighted by Gasteiger charge is 2.49. The number of para-hydroxylation sites is 4. The van der Waals surface area contributed by atoms with Crippen molar-refractivity contribution in [3.8, 4) is 11.5 Å². The molecule has 0 amide bonds. The van der Waals surface area contributed by atoms with Crippen LogP contribution >= 0.6 is 23.5 Å². The van der Waals surface area contributed by atoms with Crippen LogP contribution in [0.1, 0.15) is 0 Å². The van der Waals surface area contributed by atoms with Crippen LogP contribution in [-0.2, 0) is 18.9 Å². The topological polar surface area (TPSA) is 131 Å². The number of alkyl halides is 1. The number of nitrogens with one attached hydrogen (secondary N) is 2. The lowest BCUT2D eigenvalue weighted by Crippen LogP contribution is -2.43. The first-order valence-electron chi connectivity index (χ1n) is 16.5. The van der Waals surface area contributed by atoms with Gasteiger partial charge in [-0.05, 0) is 24.3 Å². The van der Waals surface area contributed by atoms with Gasteiger partial charge in [-0.25, -0.2) is 14.4 Å². The normalized spacial score (nSPS) is 30.0. The van der Waals surface area contributed by atoms with Crippen molar-refractivity contribution in [2.24, 2.45) is 9.98 Å². The predicted molar refractivity (Wildman–Crippen MR) is 201 cm³/mol. The van der Waals surface area contributed by atoms with Gasteiger partial charge in [0, 0.05) is 28.4 Å². The molecule has 8 rings (SSSR count). The highest BCUT2D eigenvalue weighted by molar-refractivity contribution is 8.01. The summed E-state index contributed by atoms with van der Waals surface area (Å²) in [5, 5.41) is 16.4. The summed E-state index contributed by atoms with van der Waals surface area (Å²) in [5.74, 6) is 4.72. The molecule has 2 aromatic rings. The molecule has 0 bridgehead atoms. The van der Waals surface area contributed by atoms with Gasteiger partial charge in [-0.3, -0.25) is 0 Å². The van der Waals surface area contributed by atoms with Crippen molar-refractivity contribution < 1.29 is 37.9 Å². The van der Waals surface area contributed by atoms with Crippen molar-refractivity contribution in [1.29, 1.82) is 0 Å². The average Bonchev–Trinajstić information content (AvgIpc) is 3.63. The molecule has 2 fully saturated rings. The van der Waals surface area contributed by atoms with Gasteiger partial charge in [0.15, 0.2) is 40.9 Å². The monoisotopic (exact) mass is 752 g/mol. The second-order valence-corrected chi connectivity index (χ2v) is 15.1. The zero-order chi connectivity index (χ0) is 36.5. The number of rotatable bonds is 8. The van der Waals surface area contributed by atoms with Gasteiger partial charge in [0.25, 0.3) is 0 Å². The maximum Gasteiger partial charge on any atom is 0.186 e. The fraction of sp³-hybridized carbons (Fsp3) is 0.389. The van der Waals surface area contributed by atoms with Crippen LogP contribution in [0.5, 0.6) is 11.5 Å². The summed E-state index contributed by atoms with van der Waals surface area (Å²) in [6.45, 7) is 8.94. The zero-order valence-electron chi connectivity index (χ0n) is 29.1. The van der Waals surface area contributed by atoms with Crippen molar-refractivity contribution in [2.75, 3.05) is 52.3 Å². The number of halogens is 1. The van der Waals surface area contributed by atoms with Gasteiger partial charge >= 0.3 is 0 Å². The minimum Gasteiger partial charge on any atom is -0.450 e. The highest BCUT2D eigenvalue weighted by Crippen LogP contribution is 2.44. The Morgan fingerprint density at radius 2 is 1.21 bits per heavy atom. The van der Waals surface area contributed by atoms with Crippen molar-refractivity contribution in [3.05, 3.63) is 97.2 Å². The molecule has 2 saturated heterocycles. The minimum absolute atomic E-state index is 0.0210. The molecule has 0 spiro atoms. The van der Waals surface area contributed by atoms with E-state index in [2.05, 4.69) is 33.8 Å². The first-order chi connectivity index (χ1) is 25.2. The number of anilines is 2. The summed E-state index contributed by atoms with van der Waals surface area (Å²) in [6, 6.07) is 15.3. The number of fused-ring (bicyclic) bond motifs is 4. The summed E-state index contributed by atoms with van der Waals surface area (Å²) in [6.07, 6.45) is 0.787. The Morgan fingerprint density at radius 1 is 0.750 bits per heavy atom. The molecule has 16 heteroatoms. The standard InChI is InChI=1S/C18H20FN3O3S.C18H21N3O4S/c1-10-20-17-13(25-12-7-5-4-6-11(12)21-17)8-22(10)18-15(19)16(24-3)14(26-18)9-23-2;1-10-19-17-13(25-12-7-5-4-6-11(12)20-17)8-21(10)18-15(22)16(24-3)14(26-18)9-23-2/h4-8,14-16,18H,1,9H2,2-3H3,(H,20,21);4-8,14-16,18,22H,1,9H2,2-3H3,(H,19,20)/t2*14-,15+,16?,18-/m11/s1. The van der Waals surface area contributed by atoms with Crippen molar-refractivity contribution >= 4 is 46.6 Å². The van der Waals surface area contributed by atoms with Crippen molar-refractivity contribution in [1.82, 2.24) is 9.80 Å². The molecule has 6 aliphatic heterocycles. The Bertz CT molecular complexity index is 1700. The number of hydrogen-bond acceptors (Lipinski definition) is 15. The van der Waals surface area contributed by atoms with E-state index in [1.165, 1.54) is 18.9 Å². The third-order valence-electron chi connectivity index (χ3n) is 9.11. The van der Waals surface area contributed by atoms with E-state index in [1.54, 1.807) is 44.2 Å². The predicted octanol–water partition coefficient (Wildman–Crippen LogP) is 4.94. The summed E-state index contributed by atoms with van der Waals surface area (Å²) >= 11 is 3.05. The molecule has 52 heavy (non-hydrogen) atoms. The Hall–Kier alpha value is -4.03. The van der Waals surface area contributed by atoms with E-state index in [1.807, 2.05) is 59.6 Å². The molecule has 0 radical (unpaired) electrons. The second kappa shape index (κ2) is 15.5. The second-order valence-electron chi connectivity index (χ2n) is 12.4. The third-order valence-corrected chi connectivity index (χ3v) is 12.2. The third kappa shape index (κ3) is 6.91. The Kier molecular flexibility index (Phi) is 10.8. The van der Waals surface area contributed by atoms with E-state index >= 15 is 4.39 Å². The van der Waals surface area contributed by atoms with E-state index in [0.29, 0.717) is 53.8 Å². The maximum absolute atomic E-state index is 15.0. The average molecular weight is 753 g/mol. The molecule has 0 saturated carbocycles. The van der Waals surface area contributed by atoms with E-state index in [9.17, 15) is 5.11 Å². The Labute approximate surface area is 310 Å². The number of nitrogens with zero attached hydrogens (tertiary/aromatic N) is 4. The number of aliphatic hydroxyl groups excluding tert-OH is 1. The van der Waals surface area contributed by atoms with E-state index < -0.39 is 23.8 Å². The molecule has 3 N–H and O–H groups in total. The number of ether oxygens (including phenoxy) is 6. The van der Waals surface area contributed by atoms with E-state index in [0.717, 1.165) is 17.1 Å². The number of benzene rings is 2. The fourth-order valence-electron chi connectivity index (χ4n) is 6.62. The molecule has 0 aromatic heterocycles. The summed E-state index contributed by atoms with van der Waals surface area (Å²) in [7, 11) is 6.37. The zero-order valence-corrected chi connectivity index (χ0v) is 30.7. The van der Waals surface area contributed by atoms with Crippen LogP contribution in [0.2, 0.25) is 0 Å². The van der Waals surface area contributed by atoms with Gasteiger partial charge in [0.2, 0.25) is 0 Å². The van der Waals surface area contributed by atoms with Gasteiger partial charge in [-0.15, -0.1) is 23.5 Å². The lowest BCUT2D eigenvalue weighted by molar-refractivity contribution is -0.0248. The smallest absolute Gasteiger partial charge is 0.186 e. The molecule has 276 valence electrons. The van der Waals surface area contributed by atoms with Gasteiger partial charge in [-0.2, -0.15) is 0 Å². The quantitative estimate of drug-likeness (QED) is 0.337. The lowest BCUT2D eigenvalue weighted by Gasteiger charge is -2.34. The van der Waals surface area contributed by atoms with E-state index in [4.69, 9.17) is 28.4 Å². The first-order valence-corrected chi connectivity index (χ1v) is 18.4. The van der Waals surface area contributed by atoms with Gasteiger partial charge in [0.1, 0.15) is 40.7 Å². The van der Waals surface area contributed by atoms with Crippen LogP contribution in [0.15, 0.2) is 107 Å². The molecule has 13 nitrogen and oxygen atoms in total. The van der Waals surface area contributed by atoms with Crippen LogP contribution in [0.3, 0.4) is 0 Å². The highest BCUT2D eigenvalue weighted by atomic mass is 32.2. The van der Waals surface area contributed by atoms with Crippen LogP contribution in [0.4, 0.5) is 15.8 Å². The molecule has 6 aliphatic rings. The molecule has 8 atom stereocenters.